The van der Waals surface area contributed by atoms with Gasteiger partial charge in [0.1, 0.15) is 5.75 Å². The normalized spacial score (nSPS) is 11.4. The number of thiophene rings is 1. The average Bonchev–Trinajstić information content (AvgIpc) is 3.22. The molecule has 0 saturated heterocycles. The fourth-order valence-corrected chi connectivity index (χ4v) is 5.31. The number of para-hydroxylation sites is 2. The van der Waals surface area contributed by atoms with Crippen molar-refractivity contribution in [2.75, 3.05) is 23.0 Å². The molecule has 0 fully saturated rings. The molecule has 0 atom stereocenters. The summed E-state index contributed by atoms with van der Waals surface area (Å²) < 4.78 is 32.7. The zero-order valence-corrected chi connectivity index (χ0v) is 20.2. The minimum absolute atomic E-state index is 0.232. The number of amides is 1. The number of carbonyl (C=O) groups excluding carboxylic acids is 1. The molecule has 1 amide bonds. The number of sulfonamides is 1. The highest BCUT2D eigenvalue weighted by atomic mass is 32.2. The molecule has 4 rings (SSSR count). The van der Waals surface area contributed by atoms with Crippen LogP contribution in [0.15, 0.2) is 72.8 Å². The standard InChI is InChI=1S/C25H24N2O4S2/c1-17-8-10-18(11-9-17)16-27(33(3,29)30)20-12-13-23-19(14-20)15-24(32-23)25(28)26-21-6-4-5-7-22(21)31-2/h4-15H,16H2,1-3H3,(H,26,28). The fraction of sp³-hybridized carbons (Fsp3) is 0.160. The summed E-state index contributed by atoms with van der Waals surface area (Å²) in [5.74, 6) is 0.330. The van der Waals surface area contributed by atoms with Gasteiger partial charge in [-0.3, -0.25) is 9.10 Å². The van der Waals surface area contributed by atoms with Gasteiger partial charge in [-0.25, -0.2) is 8.42 Å². The Kier molecular flexibility index (Phi) is 6.40. The monoisotopic (exact) mass is 480 g/mol. The highest BCUT2D eigenvalue weighted by Gasteiger charge is 2.20. The van der Waals surface area contributed by atoms with Crippen molar-refractivity contribution in [2.45, 2.75) is 13.5 Å². The molecule has 8 heteroatoms. The van der Waals surface area contributed by atoms with E-state index in [1.807, 2.05) is 49.4 Å². The number of benzene rings is 3. The van der Waals surface area contributed by atoms with Crippen LogP contribution >= 0.6 is 11.3 Å². The molecule has 0 aliphatic carbocycles. The molecule has 33 heavy (non-hydrogen) atoms. The van der Waals surface area contributed by atoms with Crippen LogP contribution in [0.2, 0.25) is 0 Å². The number of anilines is 2. The molecule has 0 unspecified atom stereocenters. The van der Waals surface area contributed by atoms with Crippen LogP contribution < -0.4 is 14.4 Å². The van der Waals surface area contributed by atoms with Crippen molar-refractivity contribution in [1.82, 2.24) is 0 Å². The number of carbonyl (C=O) groups is 1. The number of rotatable bonds is 7. The first-order valence-corrected chi connectivity index (χ1v) is 12.9. The van der Waals surface area contributed by atoms with Crippen LogP contribution in [0.25, 0.3) is 10.1 Å². The Balaban J connectivity index is 1.63. The quantitative estimate of drug-likeness (QED) is 0.382. The van der Waals surface area contributed by atoms with E-state index in [4.69, 9.17) is 4.74 Å². The van der Waals surface area contributed by atoms with E-state index in [2.05, 4.69) is 5.32 Å². The molecule has 0 aliphatic rings. The summed E-state index contributed by atoms with van der Waals surface area (Å²) in [5.41, 5.74) is 3.15. The lowest BCUT2D eigenvalue weighted by molar-refractivity contribution is 0.103. The number of nitrogens with zero attached hydrogens (tertiary/aromatic N) is 1. The summed E-state index contributed by atoms with van der Waals surface area (Å²) in [6, 6.07) is 22.2. The Morgan fingerprint density at radius 1 is 1.03 bits per heavy atom. The Morgan fingerprint density at radius 2 is 1.76 bits per heavy atom. The van der Waals surface area contributed by atoms with Gasteiger partial charge in [-0.05, 0) is 54.3 Å². The first kappa shape index (κ1) is 22.8. The van der Waals surface area contributed by atoms with Crippen LogP contribution in [0.4, 0.5) is 11.4 Å². The topological polar surface area (TPSA) is 75.7 Å². The number of nitrogens with one attached hydrogen (secondary N) is 1. The minimum atomic E-state index is -3.51. The second-order valence-corrected chi connectivity index (χ2v) is 10.7. The number of ether oxygens (including phenoxy) is 1. The maximum Gasteiger partial charge on any atom is 0.265 e. The third-order valence-corrected chi connectivity index (χ3v) is 7.47. The molecule has 3 aromatic carbocycles. The minimum Gasteiger partial charge on any atom is -0.495 e. The average molecular weight is 481 g/mol. The lowest BCUT2D eigenvalue weighted by Gasteiger charge is -2.22. The fourth-order valence-electron chi connectivity index (χ4n) is 3.49. The van der Waals surface area contributed by atoms with Crippen LogP contribution in [0.5, 0.6) is 5.75 Å². The Labute approximate surface area is 197 Å². The van der Waals surface area contributed by atoms with E-state index < -0.39 is 10.0 Å². The van der Waals surface area contributed by atoms with Crippen LogP contribution in [-0.2, 0) is 16.6 Å². The zero-order valence-electron chi connectivity index (χ0n) is 18.5. The van der Waals surface area contributed by atoms with Gasteiger partial charge in [0.05, 0.1) is 36.2 Å². The maximum atomic E-state index is 12.8. The Bertz CT molecular complexity index is 1410. The predicted octanol–water partition coefficient (Wildman–Crippen LogP) is 5.44. The van der Waals surface area contributed by atoms with Crippen molar-refractivity contribution < 1.29 is 17.9 Å². The smallest absolute Gasteiger partial charge is 0.265 e. The highest BCUT2D eigenvalue weighted by molar-refractivity contribution is 7.92. The number of fused-ring (bicyclic) bond motifs is 1. The molecule has 0 aliphatic heterocycles. The molecule has 6 nitrogen and oxygen atoms in total. The Hall–Kier alpha value is -3.36. The van der Waals surface area contributed by atoms with Crippen LogP contribution in [0, 0.1) is 6.92 Å². The van der Waals surface area contributed by atoms with E-state index in [1.165, 1.54) is 21.9 Å². The molecule has 0 bridgehead atoms. The Morgan fingerprint density at radius 3 is 2.45 bits per heavy atom. The van der Waals surface area contributed by atoms with Crippen molar-refractivity contribution in [1.29, 1.82) is 0 Å². The zero-order chi connectivity index (χ0) is 23.6. The van der Waals surface area contributed by atoms with E-state index in [0.717, 1.165) is 21.2 Å². The number of hydrogen-bond donors (Lipinski definition) is 1. The van der Waals surface area contributed by atoms with Crippen molar-refractivity contribution >= 4 is 48.7 Å². The van der Waals surface area contributed by atoms with Crippen molar-refractivity contribution in [3.63, 3.8) is 0 Å². The van der Waals surface area contributed by atoms with E-state index in [1.54, 1.807) is 37.4 Å². The predicted molar refractivity (Wildman–Crippen MR) is 135 cm³/mol. The number of aryl methyl sites for hydroxylation is 1. The molecule has 4 aromatic rings. The summed E-state index contributed by atoms with van der Waals surface area (Å²) in [7, 11) is -1.96. The third kappa shape index (κ3) is 5.18. The maximum absolute atomic E-state index is 12.8. The lowest BCUT2D eigenvalue weighted by atomic mass is 10.1. The van der Waals surface area contributed by atoms with E-state index in [9.17, 15) is 13.2 Å². The van der Waals surface area contributed by atoms with Gasteiger partial charge in [-0.15, -0.1) is 11.3 Å². The van der Waals surface area contributed by atoms with Crippen LogP contribution in [0.1, 0.15) is 20.8 Å². The largest absolute Gasteiger partial charge is 0.495 e. The highest BCUT2D eigenvalue weighted by Crippen LogP contribution is 2.32. The summed E-state index contributed by atoms with van der Waals surface area (Å²) in [5, 5.41) is 3.68. The molecule has 1 N–H and O–H groups in total. The molecule has 1 heterocycles. The van der Waals surface area contributed by atoms with Gasteiger partial charge in [-0.1, -0.05) is 42.0 Å². The van der Waals surface area contributed by atoms with Gasteiger partial charge < -0.3 is 10.1 Å². The SMILES string of the molecule is COc1ccccc1NC(=O)c1cc2cc(N(Cc3ccc(C)cc3)S(C)(=O)=O)ccc2s1. The van der Waals surface area contributed by atoms with Crippen LogP contribution in [0.3, 0.4) is 0 Å². The van der Waals surface area contributed by atoms with E-state index in [-0.39, 0.29) is 12.5 Å². The molecule has 0 spiro atoms. The molecule has 1 aromatic heterocycles. The summed E-state index contributed by atoms with van der Waals surface area (Å²) in [6.45, 7) is 2.22. The van der Waals surface area contributed by atoms with Gasteiger partial charge in [-0.2, -0.15) is 0 Å². The first-order valence-electron chi connectivity index (χ1n) is 10.3. The summed E-state index contributed by atoms with van der Waals surface area (Å²) in [4.78, 5) is 13.4. The summed E-state index contributed by atoms with van der Waals surface area (Å²) >= 11 is 1.35. The second kappa shape index (κ2) is 9.25. The van der Waals surface area contributed by atoms with Gasteiger partial charge in [0.2, 0.25) is 10.0 Å². The lowest BCUT2D eigenvalue weighted by Crippen LogP contribution is -2.29. The van der Waals surface area contributed by atoms with Crippen molar-refractivity contribution in [3.8, 4) is 5.75 Å². The molecular weight excluding hydrogens is 456 g/mol. The number of methoxy groups -OCH3 is 1. The van der Waals surface area contributed by atoms with Crippen LogP contribution in [-0.4, -0.2) is 27.7 Å². The van der Waals surface area contributed by atoms with E-state index >= 15 is 0 Å². The second-order valence-electron chi connectivity index (χ2n) is 7.74. The first-order chi connectivity index (χ1) is 15.7. The third-order valence-electron chi connectivity index (χ3n) is 5.21. The van der Waals surface area contributed by atoms with Gasteiger partial charge >= 0.3 is 0 Å². The van der Waals surface area contributed by atoms with Gasteiger partial charge in [0.15, 0.2) is 0 Å². The summed E-state index contributed by atoms with van der Waals surface area (Å²) in [6.07, 6.45) is 1.20. The molecular formula is C25H24N2O4S2. The molecule has 0 saturated carbocycles. The van der Waals surface area contributed by atoms with Gasteiger partial charge in [0.25, 0.3) is 5.91 Å². The number of hydrogen-bond acceptors (Lipinski definition) is 5. The van der Waals surface area contributed by atoms with Crippen molar-refractivity contribution in [3.05, 3.63) is 88.8 Å². The van der Waals surface area contributed by atoms with E-state index in [0.29, 0.717) is 22.0 Å². The molecule has 170 valence electrons. The van der Waals surface area contributed by atoms with Gasteiger partial charge in [0, 0.05) is 4.70 Å². The molecule has 0 radical (unpaired) electrons. The van der Waals surface area contributed by atoms with Crippen molar-refractivity contribution in [2.24, 2.45) is 0 Å².